The number of urea groups is 1. The van der Waals surface area contributed by atoms with Gasteiger partial charge in [0.15, 0.2) is 0 Å². The molecule has 0 aliphatic carbocycles. The topological polar surface area (TPSA) is 72.9 Å². The highest BCUT2D eigenvalue weighted by molar-refractivity contribution is 6.04. The largest absolute Gasteiger partial charge is 0.390 e. The van der Waals surface area contributed by atoms with Crippen LogP contribution in [-0.4, -0.2) is 65.2 Å². The number of imide groups is 1. The van der Waals surface area contributed by atoms with Gasteiger partial charge in [0.05, 0.1) is 12.6 Å². The lowest BCUT2D eigenvalue weighted by Gasteiger charge is -2.32. The van der Waals surface area contributed by atoms with Crippen LogP contribution >= 0.6 is 0 Å². The highest BCUT2D eigenvalue weighted by Gasteiger charge is 2.38. The van der Waals surface area contributed by atoms with Crippen molar-refractivity contribution in [2.24, 2.45) is 5.92 Å². The summed E-state index contributed by atoms with van der Waals surface area (Å²) in [6.07, 6.45) is 2.88. The number of nitrogens with zero attached hydrogens (tertiary/aromatic N) is 2. The molecule has 0 bridgehead atoms. The second kappa shape index (κ2) is 8.64. The molecule has 2 aliphatic heterocycles. The molecule has 0 unspecified atom stereocenters. The zero-order valence-corrected chi connectivity index (χ0v) is 15.4. The molecule has 1 aromatic rings. The van der Waals surface area contributed by atoms with Gasteiger partial charge in [-0.1, -0.05) is 37.3 Å². The molecule has 3 amide bonds. The van der Waals surface area contributed by atoms with Gasteiger partial charge in [-0.25, -0.2) is 4.79 Å². The first-order valence-electron chi connectivity index (χ1n) is 9.59. The van der Waals surface area contributed by atoms with Gasteiger partial charge in [0.25, 0.3) is 5.91 Å². The quantitative estimate of drug-likeness (QED) is 0.726. The standard InChI is InChI=1S/C20H29N3O3/c1-15-9-11-22(12-10-15)13-17(24)14-23-19(25)18(21-20(23)26)8-7-16-5-3-2-4-6-16/h2-6,15,17-18,24H,7-14H2,1H3,(H,21,26)/t17-,18-/m1/s1. The van der Waals surface area contributed by atoms with Gasteiger partial charge in [-0.05, 0) is 50.3 Å². The fraction of sp³-hybridized carbons (Fsp3) is 0.600. The molecule has 6 nitrogen and oxygen atoms in total. The SMILES string of the molecule is CC1CCN(C[C@@H](O)CN2C(=O)N[C@H](CCc3ccccc3)C2=O)CC1. The third-order valence-electron chi connectivity index (χ3n) is 5.41. The van der Waals surface area contributed by atoms with Crippen LogP contribution in [-0.2, 0) is 11.2 Å². The molecular weight excluding hydrogens is 330 g/mol. The minimum atomic E-state index is -0.703. The van der Waals surface area contributed by atoms with Crippen LogP contribution in [0.15, 0.2) is 30.3 Å². The molecule has 2 fully saturated rings. The highest BCUT2D eigenvalue weighted by Crippen LogP contribution is 2.17. The third-order valence-corrected chi connectivity index (χ3v) is 5.41. The van der Waals surface area contributed by atoms with Crippen LogP contribution in [0.1, 0.15) is 31.7 Å². The van der Waals surface area contributed by atoms with Crippen LogP contribution in [0, 0.1) is 5.92 Å². The maximum absolute atomic E-state index is 12.5. The van der Waals surface area contributed by atoms with Crippen LogP contribution in [0.3, 0.4) is 0 Å². The molecule has 2 saturated heterocycles. The molecule has 0 radical (unpaired) electrons. The Morgan fingerprint density at radius 3 is 2.54 bits per heavy atom. The van der Waals surface area contributed by atoms with E-state index in [9.17, 15) is 14.7 Å². The second-order valence-electron chi connectivity index (χ2n) is 7.61. The Labute approximate surface area is 155 Å². The molecule has 3 rings (SSSR count). The summed E-state index contributed by atoms with van der Waals surface area (Å²) in [6.45, 7) is 4.77. The molecule has 0 saturated carbocycles. The normalized spacial score (nSPS) is 23.3. The first-order valence-corrected chi connectivity index (χ1v) is 9.59. The van der Waals surface area contributed by atoms with E-state index in [2.05, 4.69) is 17.1 Å². The van der Waals surface area contributed by atoms with Crippen molar-refractivity contribution in [3.8, 4) is 0 Å². The number of likely N-dealkylation sites (tertiary alicyclic amines) is 1. The van der Waals surface area contributed by atoms with E-state index in [0.717, 1.165) is 43.8 Å². The third kappa shape index (κ3) is 4.83. The van der Waals surface area contributed by atoms with Crippen LogP contribution in [0.25, 0.3) is 0 Å². The summed E-state index contributed by atoms with van der Waals surface area (Å²) in [7, 11) is 0. The summed E-state index contributed by atoms with van der Waals surface area (Å²) in [5.74, 6) is 0.511. The molecule has 1 aromatic carbocycles. The maximum atomic E-state index is 12.5. The molecule has 2 N–H and O–H groups in total. The number of hydrogen-bond donors (Lipinski definition) is 2. The number of piperidine rings is 1. The number of aryl methyl sites for hydroxylation is 1. The van der Waals surface area contributed by atoms with Crippen LogP contribution in [0.5, 0.6) is 0 Å². The number of hydrogen-bond acceptors (Lipinski definition) is 4. The van der Waals surface area contributed by atoms with Crippen LogP contribution in [0.4, 0.5) is 4.79 Å². The highest BCUT2D eigenvalue weighted by atomic mass is 16.3. The van der Waals surface area contributed by atoms with E-state index in [4.69, 9.17) is 0 Å². The van der Waals surface area contributed by atoms with Gasteiger partial charge in [0.1, 0.15) is 6.04 Å². The van der Waals surface area contributed by atoms with Crippen LogP contribution in [0.2, 0.25) is 0 Å². The monoisotopic (exact) mass is 359 g/mol. The van der Waals surface area contributed by atoms with Crippen molar-refractivity contribution in [3.05, 3.63) is 35.9 Å². The first-order chi connectivity index (χ1) is 12.5. The molecule has 6 heteroatoms. The molecule has 2 heterocycles. The number of aliphatic hydroxyl groups is 1. The minimum absolute atomic E-state index is 0.0680. The fourth-order valence-electron chi connectivity index (χ4n) is 3.71. The van der Waals surface area contributed by atoms with Crippen molar-refractivity contribution < 1.29 is 14.7 Å². The molecular formula is C20H29N3O3. The first kappa shape index (κ1) is 18.9. The smallest absolute Gasteiger partial charge is 0.324 e. The van der Waals surface area contributed by atoms with Gasteiger partial charge in [-0.3, -0.25) is 9.69 Å². The Bertz CT molecular complexity index is 614. The van der Waals surface area contributed by atoms with Gasteiger partial charge in [0.2, 0.25) is 0 Å². The predicted octanol–water partition coefficient (Wildman–Crippen LogP) is 1.63. The Hall–Kier alpha value is -1.92. The van der Waals surface area contributed by atoms with Gasteiger partial charge in [-0.15, -0.1) is 0 Å². The number of β-amino-alcohol motifs (C(OH)–C–C–N with tert-alkyl or cyclic N) is 1. The Balaban J connectivity index is 1.47. The number of nitrogens with one attached hydrogen (secondary N) is 1. The van der Waals surface area contributed by atoms with E-state index in [1.165, 1.54) is 4.90 Å². The number of benzene rings is 1. The molecule has 0 aromatic heterocycles. The lowest BCUT2D eigenvalue weighted by atomic mass is 9.99. The molecule has 2 atom stereocenters. The van der Waals surface area contributed by atoms with Crippen LogP contribution < -0.4 is 5.32 Å². The van der Waals surface area contributed by atoms with Gasteiger partial charge < -0.3 is 15.3 Å². The summed E-state index contributed by atoms with van der Waals surface area (Å²) in [4.78, 5) is 28.1. The van der Waals surface area contributed by atoms with E-state index in [1.807, 2.05) is 30.3 Å². The molecule has 0 spiro atoms. The summed E-state index contributed by atoms with van der Waals surface area (Å²) in [5.41, 5.74) is 1.15. The van der Waals surface area contributed by atoms with E-state index >= 15 is 0 Å². The van der Waals surface area contributed by atoms with Gasteiger partial charge >= 0.3 is 6.03 Å². The Morgan fingerprint density at radius 1 is 1.15 bits per heavy atom. The van der Waals surface area contributed by atoms with Crippen molar-refractivity contribution in [1.29, 1.82) is 0 Å². The number of carbonyl (C=O) groups excluding carboxylic acids is 2. The summed E-state index contributed by atoms with van der Waals surface area (Å²) in [5, 5.41) is 13.1. The zero-order chi connectivity index (χ0) is 18.5. The van der Waals surface area contributed by atoms with Crippen molar-refractivity contribution in [3.63, 3.8) is 0 Å². The molecule has 2 aliphatic rings. The minimum Gasteiger partial charge on any atom is -0.390 e. The number of amides is 3. The average Bonchev–Trinajstić information content (AvgIpc) is 2.90. The summed E-state index contributed by atoms with van der Waals surface area (Å²) >= 11 is 0. The Morgan fingerprint density at radius 2 is 1.85 bits per heavy atom. The van der Waals surface area contributed by atoms with E-state index in [-0.39, 0.29) is 18.5 Å². The lowest BCUT2D eigenvalue weighted by molar-refractivity contribution is -0.128. The van der Waals surface area contributed by atoms with Crippen molar-refractivity contribution >= 4 is 11.9 Å². The Kier molecular flexibility index (Phi) is 6.27. The zero-order valence-electron chi connectivity index (χ0n) is 15.4. The predicted molar refractivity (Wildman–Crippen MR) is 99.6 cm³/mol. The van der Waals surface area contributed by atoms with Gasteiger partial charge in [0, 0.05) is 6.54 Å². The van der Waals surface area contributed by atoms with Crippen molar-refractivity contribution in [1.82, 2.24) is 15.1 Å². The summed E-state index contributed by atoms with van der Waals surface area (Å²) < 4.78 is 0. The van der Waals surface area contributed by atoms with Gasteiger partial charge in [-0.2, -0.15) is 0 Å². The maximum Gasteiger partial charge on any atom is 0.324 e. The van der Waals surface area contributed by atoms with E-state index in [0.29, 0.717) is 13.0 Å². The number of rotatable bonds is 7. The molecule has 142 valence electrons. The number of aliphatic hydroxyl groups excluding tert-OH is 1. The van der Waals surface area contributed by atoms with E-state index in [1.54, 1.807) is 0 Å². The average molecular weight is 359 g/mol. The summed E-state index contributed by atoms with van der Waals surface area (Å²) in [6, 6.07) is 9.04. The molecule has 26 heavy (non-hydrogen) atoms. The lowest BCUT2D eigenvalue weighted by Crippen LogP contribution is -2.45. The second-order valence-corrected chi connectivity index (χ2v) is 7.61. The van der Waals surface area contributed by atoms with Crippen molar-refractivity contribution in [2.45, 2.75) is 44.8 Å². The fourth-order valence-corrected chi connectivity index (χ4v) is 3.71. The van der Waals surface area contributed by atoms with Crippen molar-refractivity contribution in [2.75, 3.05) is 26.2 Å². The van der Waals surface area contributed by atoms with E-state index < -0.39 is 12.1 Å². The number of carbonyl (C=O) groups is 2.